The van der Waals surface area contributed by atoms with Gasteiger partial charge in [0.05, 0.1) is 12.9 Å². The van der Waals surface area contributed by atoms with E-state index in [2.05, 4.69) is 30.1 Å². The maximum atomic E-state index is 14.0. The highest BCUT2D eigenvalue weighted by molar-refractivity contribution is 7.52. The summed E-state index contributed by atoms with van der Waals surface area (Å²) in [5.41, 5.74) is 14.0. The van der Waals surface area contributed by atoms with Crippen LogP contribution in [0.25, 0.3) is 21.6 Å². The third-order valence-corrected chi connectivity index (χ3v) is 8.24. The first kappa shape index (κ1) is 30.8. The molecule has 6 atom stereocenters. The van der Waals surface area contributed by atoms with Gasteiger partial charge in [0.25, 0.3) is 0 Å². The minimum Gasteiger partial charge on any atom is -0.460 e. The first-order valence-corrected chi connectivity index (χ1v) is 14.7. The van der Waals surface area contributed by atoms with Gasteiger partial charge in [-0.25, -0.2) is 19.5 Å². The molecule has 1 saturated heterocycles. The number of hydrogen-bond donors (Lipinski definition) is 4. The normalized spacial score (nSPS) is 23.4. The highest BCUT2D eigenvalue weighted by atomic mass is 31.2. The molecule has 1 fully saturated rings. The number of nitrogen functional groups attached to an aromatic ring is 1. The SMILES string of the molecule is C[C@H](NP(=O)(OC[C@@]1(N=[N+]=[N-])OC(n2cnc3c(N)ncnc32)[C@H](O)[C@@H]1O)Oc1ccccc1)C(=O)OCc1ccccc1. The molecule has 4 aromatic rings. The summed E-state index contributed by atoms with van der Waals surface area (Å²) >= 11 is 0. The molecule has 1 aliphatic heterocycles. The summed E-state index contributed by atoms with van der Waals surface area (Å²) in [6, 6.07) is 15.7. The molecule has 5 rings (SSSR count). The van der Waals surface area contributed by atoms with Crippen molar-refractivity contribution in [3.63, 3.8) is 0 Å². The average Bonchev–Trinajstić information content (AvgIpc) is 3.56. The molecule has 17 nitrogen and oxygen atoms in total. The second-order valence-electron chi connectivity index (χ2n) is 9.68. The smallest absolute Gasteiger partial charge is 0.459 e. The largest absolute Gasteiger partial charge is 0.460 e. The molecule has 0 bridgehead atoms. The number of aliphatic hydroxyl groups is 2. The molecule has 0 spiro atoms. The van der Waals surface area contributed by atoms with E-state index < -0.39 is 50.5 Å². The van der Waals surface area contributed by atoms with E-state index in [1.165, 1.54) is 36.3 Å². The number of carbonyl (C=O) groups is 1. The van der Waals surface area contributed by atoms with Crippen molar-refractivity contribution in [3.05, 3.63) is 89.3 Å². The Morgan fingerprint density at radius 3 is 2.61 bits per heavy atom. The van der Waals surface area contributed by atoms with Crippen molar-refractivity contribution in [2.45, 2.75) is 43.7 Å². The molecule has 2 aromatic heterocycles. The van der Waals surface area contributed by atoms with Crippen LogP contribution in [0, 0.1) is 0 Å². The van der Waals surface area contributed by atoms with Crippen LogP contribution in [0.4, 0.5) is 5.82 Å². The summed E-state index contributed by atoms with van der Waals surface area (Å²) in [6.45, 7) is 0.465. The summed E-state index contributed by atoms with van der Waals surface area (Å²) in [6.07, 6.45) is -2.57. The molecule has 1 aliphatic rings. The molecule has 0 saturated carbocycles. The van der Waals surface area contributed by atoms with Gasteiger partial charge < -0.3 is 29.9 Å². The van der Waals surface area contributed by atoms with Gasteiger partial charge in [-0.2, -0.15) is 5.09 Å². The number of benzene rings is 2. The molecule has 18 heteroatoms. The van der Waals surface area contributed by atoms with E-state index >= 15 is 0 Å². The molecule has 44 heavy (non-hydrogen) atoms. The molecule has 3 heterocycles. The van der Waals surface area contributed by atoms with Crippen LogP contribution in [-0.2, 0) is 30.0 Å². The van der Waals surface area contributed by atoms with Gasteiger partial charge in [0, 0.05) is 4.91 Å². The Morgan fingerprint density at radius 2 is 1.91 bits per heavy atom. The number of azide groups is 1. The second-order valence-corrected chi connectivity index (χ2v) is 11.4. The lowest BCUT2D eigenvalue weighted by molar-refractivity contribution is -0.146. The van der Waals surface area contributed by atoms with E-state index in [1.807, 2.05) is 6.07 Å². The summed E-state index contributed by atoms with van der Waals surface area (Å²) in [5, 5.41) is 28.1. The van der Waals surface area contributed by atoms with Gasteiger partial charge in [0.2, 0.25) is 5.72 Å². The zero-order chi connectivity index (χ0) is 31.3. The van der Waals surface area contributed by atoms with Crippen LogP contribution in [0.1, 0.15) is 18.7 Å². The summed E-state index contributed by atoms with van der Waals surface area (Å²) in [5.74, 6) is -0.591. The van der Waals surface area contributed by atoms with Crippen molar-refractivity contribution in [2.24, 2.45) is 5.11 Å². The summed E-state index contributed by atoms with van der Waals surface area (Å²) in [4.78, 5) is 27.6. The molecular formula is C26H28N9O8P. The number of ether oxygens (including phenoxy) is 2. The first-order chi connectivity index (χ1) is 21.1. The zero-order valence-electron chi connectivity index (χ0n) is 23.2. The monoisotopic (exact) mass is 625 g/mol. The Balaban J connectivity index is 1.37. The molecule has 230 valence electrons. The molecule has 0 amide bonds. The number of rotatable bonds is 12. The lowest BCUT2D eigenvalue weighted by atomic mass is 10.1. The number of imidazole rings is 1. The van der Waals surface area contributed by atoms with Gasteiger partial charge in [-0.3, -0.25) is 13.9 Å². The molecule has 0 aliphatic carbocycles. The number of nitrogens with two attached hydrogens (primary N) is 1. The number of carbonyl (C=O) groups excluding carboxylic acids is 1. The van der Waals surface area contributed by atoms with Crippen LogP contribution in [0.3, 0.4) is 0 Å². The van der Waals surface area contributed by atoms with E-state index in [4.69, 9.17) is 24.3 Å². The van der Waals surface area contributed by atoms with Gasteiger partial charge >= 0.3 is 13.7 Å². The minimum atomic E-state index is -4.50. The summed E-state index contributed by atoms with van der Waals surface area (Å²) in [7, 11) is -4.50. The number of para-hydroxylation sites is 1. The van der Waals surface area contributed by atoms with Gasteiger partial charge in [-0.05, 0) is 30.2 Å². The number of hydrogen-bond acceptors (Lipinski definition) is 13. The van der Waals surface area contributed by atoms with Crippen LogP contribution in [0.2, 0.25) is 0 Å². The number of nitrogens with zero attached hydrogens (tertiary/aromatic N) is 7. The van der Waals surface area contributed by atoms with Crippen LogP contribution in [0.15, 0.2) is 78.4 Å². The maximum absolute atomic E-state index is 14.0. The maximum Gasteiger partial charge on any atom is 0.459 e. The van der Waals surface area contributed by atoms with E-state index in [-0.39, 0.29) is 29.3 Å². The molecule has 5 N–H and O–H groups in total. The van der Waals surface area contributed by atoms with E-state index in [0.29, 0.717) is 0 Å². The zero-order valence-corrected chi connectivity index (χ0v) is 24.0. The Hall–Kier alpha value is -4.60. The topological polar surface area (TPSA) is 242 Å². The van der Waals surface area contributed by atoms with Crippen molar-refractivity contribution in [2.75, 3.05) is 12.3 Å². The minimum absolute atomic E-state index is 0.0325. The predicted octanol–water partition coefficient (Wildman–Crippen LogP) is 2.59. The highest BCUT2D eigenvalue weighted by Gasteiger charge is 2.56. The standard InChI is InChI=1S/C26H28N9O8P/c1-16(25(38)40-12-17-8-4-2-5-9-17)32-44(39,43-18-10-6-3-7-11-18)41-13-26(33-34-28)21(37)20(36)24(42-26)35-15-31-19-22(27)29-14-30-23(19)35/h2-11,14-16,20-21,24,36-37H,12-13H2,1H3,(H,32,39)(H2,27,29,30)/t16-,20+,21-,24?,26+,44?/m0/s1. The van der Waals surface area contributed by atoms with E-state index in [9.17, 15) is 25.1 Å². The fourth-order valence-electron chi connectivity index (χ4n) is 4.39. The van der Waals surface area contributed by atoms with Gasteiger partial charge in [-0.15, -0.1) is 0 Å². The van der Waals surface area contributed by atoms with Crippen molar-refractivity contribution >= 4 is 30.7 Å². The summed E-state index contributed by atoms with van der Waals surface area (Å²) < 4.78 is 37.8. The van der Waals surface area contributed by atoms with Crippen LogP contribution in [0.5, 0.6) is 5.75 Å². The number of esters is 1. The quantitative estimate of drug-likeness (QED) is 0.0582. The number of anilines is 1. The first-order valence-electron chi connectivity index (χ1n) is 13.2. The number of aromatic nitrogens is 4. The fourth-order valence-corrected chi connectivity index (χ4v) is 5.90. The lowest BCUT2D eigenvalue weighted by Crippen LogP contribution is -2.45. The molecule has 2 unspecified atom stereocenters. The van der Waals surface area contributed by atoms with Gasteiger partial charge in [0.15, 0.2) is 17.7 Å². The second kappa shape index (κ2) is 13.0. The van der Waals surface area contributed by atoms with Gasteiger partial charge in [-0.1, -0.05) is 53.6 Å². The number of nitrogens with one attached hydrogen (secondary N) is 1. The van der Waals surface area contributed by atoms with Crippen molar-refractivity contribution in [1.29, 1.82) is 0 Å². The predicted molar refractivity (Wildman–Crippen MR) is 153 cm³/mol. The lowest BCUT2D eigenvalue weighted by Gasteiger charge is -2.29. The molecule has 0 radical (unpaired) electrons. The molecule has 2 aromatic carbocycles. The van der Waals surface area contributed by atoms with Gasteiger partial charge in [0.1, 0.15) is 42.5 Å². The molecular weight excluding hydrogens is 597 g/mol. The van der Waals surface area contributed by atoms with Crippen molar-refractivity contribution in [3.8, 4) is 5.75 Å². The van der Waals surface area contributed by atoms with Crippen LogP contribution < -0.4 is 15.3 Å². The Kier molecular flexibility index (Phi) is 9.08. The third kappa shape index (κ3) is 6.49. The average molecular weight is 626 g/mol. The van der Waals surface area contributed by atoms with Crippen molar-refractivity contribution < 1.29 is 38.1 Å². The fraction of sp³-hybridized carbons (Fsp3) is 0.308. The Labute approximate surface area is 249 Å². The highest BCUT2D eigenvalue weighted by Crippen LogP contribution is 2.48. The number of fused-ring (bicyclic) bond motifs is 1. The Morgan fingerprint density at radius 1 is 1.20 bits per heavy atom. The van der Waals surface area contributed by atoms with Crippen LogP contribution in [-0.4, -0.2) is 66.3 Å². The van der Waals surface area contributed by atoms with E-state index in [1.54, 1.807) is 42.5 Å². The van der Waals surface area contributed by atoms with Crippen LogP contribution >= 0.6 is 7.75 Å². The number of aliphatic hydroxyl groups excluding tert-OH is 2. The Bertz CT molecular complexity index is 1710. The van der Waals surface area contributed by atoms with Crippen molar-refractivity contribution in [1.82, 2.24) is 24.6 Å². The third-order valence-electron chi connectivity index (χ3n) is 6.62. The van der Waals surface area contributed by atoms with E-state index in [0.717, 1.165) is 5.56 Å².